The van der Waals surface area contributed by atoms with Crippen molar-refractivity contribution in [3.63, 3.8) is 0 Å². The number of imidazole rings is 1. The summed E-state index contributed by atoms with van der Waals surface area (Å²) in [6.07, 6.45) is 3.11. The molecule has 3 aromatic carbocycles. The molecule has 13 nitrogen and oxygen atoms in total. The van der Waals surface area contributed by atoms with Crippen molar-refractivity contribution in [1.82, 2.24) is 24.2 Å². The largest absolute Gasteiger partial charge is 0.486 e. The van der Waals surface area contributed by atoms with Crippen LogP contribution in [-0.4, -0.2) is 94.4 Å². The lowest BCUT2D eigenvalue weighted by Crippen LogP contribution is -2.58. The summed E-state index contributed by atoms with van der Waals surface area (Å²) in [6, 6.07) is 34.4. The first-order valence-electron chi connectivity index (χ1n) is 20.1. The van der Waals surface area contributed by atoms with E-state index in [1.54, 1.807) is 18.5 Å². The van der Waals surface area contributed by atoms with Crippen LogP contribution in [-0.2, 0) is 29.7 Å². The molecular formula is C43H47N6O7PSi. The van der Waals surface area contributed by atoms with Crippen molar-refractivity contribution in [2.24, 2.45) is 0 Å². The van der Waals surface area contributed by atoms with Crippen LogP contribution in [0.1, 0.15) is 44.7 Å². The lowest BCUT2D eigenvalue weighted by Gasteiger charge is -2.32. The lowest BCUT2D eigenvalue weighted by atomic mass is 9.96. The molecule has 0 spiro atoms. The molecule has 58 heavy (non-hydrogen) atoms. The number of nitrogens with zero attached hydrogens (tertiary/aromatic N) is 6. The highest BCUT2D eigenvalue weighted by Gasteiger charge is 2.64. The molecule has 0 saturated carbocycles. The third-order valence-corrected chi connectivity index (χ3v) is 18.2. The summed E-state index contributed by atoms with van der Waals surface area (Å²) in [4.78, 5) is 27.1. The van der Waals surface area contributed by atoms with Crippen LogP contribution in [0.15, 0.2) is 97.3 Å². The highest BCUT2D eigenvalue weighted by Crippen LogP contribution is 2.61. The van der Waals surface area contributed by atoms with Gasteiger partial charge in [-0.1, -0.05) is 103 Å². The fourth-order valence-corrected chi connectivity index (χ4v) is 14.9. The monoisotopic (exact) mass is 818 g/mol. The highest BCUT2D eigenvalue weighted by molar-refractivity contribution is 7.45. The first kappa shape index (κ1) is 38.9. The minimum atomic E-state index is -2.18. The Bertz CT molecular complexity index is 2230. The number of hydrogen-bond acceptors (Lipinski definition) is 12. The van der Waals surface area contributed by atoms with Gasteiger partial charge in [0.1, 0.15) is 50.7 Å². The average Bonchev–Trinajstić information content (AvgIpc) is 4.10. The number of para-hydroxylation sites is 1. The van der Waals surface area contributed by atoms with E-state index in [0.717, 1.165) is 25.4 Å². The second kappa shape index (κ2) is 16.6. The minimum absolute atomic E-state index is 0.0351. The zero-order valence-electron chi connectivity index (χ0n) is 32.7. The van der Waals surface area contributed by atoms with E-state index in [2.05, 4.69) is 94.8 Å². The van der Waals surface area contributed by atoms with Crippen molar-refractivity contribution in [3.8, 4) is 17.7 Å². The van der Waals surface area contributed by atoms with Crippen molar-refractivity contribution in [1.29, 1.82) is 5.26 Å². The van der Waals surface area contributed by atoms with Crippen molar-refractivity contribution in [3.05, 3.63) is 103 Å². The lowest BCUT2D eigenvalue weighted by molar-refractivity contribution is -0.172. The van der Waals surface area contributed by atoms with Gasteiger partial charge in [0.2, 0.25) is 5.88 Å². The Morgan fingerprint density at radius 3 is 2.45 bits per heavy atom. The maximum absolute atomic E-state index is 13.1. The van der Waals surface area contributed by atoms with Crippen LogP contribution in [0.25, 0.3) is 11.2 Å². The van der Waals surface area contributed by atoms with Crippen molar-refractivity contribution < 1.29 is 32.8 Å². The molecule has 7 atom stereocenters. The quantitative estimate of drug-likeness (QED) is 0.0680. The van der Waals surface area contributed by atoms with Crippen LogP contribution < -0.4 is 19.8 Å². The Labute approximate surface area is 340 Å². The Hall–Kier alpha value is -4.58. The Morgan fingerprint density at radius 1 is 1.02 bits per heavy atom. The normalized spacial score (nSPS) is 26.5. The van der Waals surface area contributed by atoms with E-state index < -0.39 is 40.6 Å². The number of fused-ring (bicyclic) bond motifs is 4. The highest BCUT2D eigenvalue weighted by atomic mass is 31.2. The predicted octanol–water partition coefficient (Wildman–Crippen LogP) is 5.75. The van der Waals surface area contributed by atoms with E-state index in [1.165, 1.54) is 10.4 Å². The van der Waals surface area contributed by atoms with Gasteiger partial charge in [-0.2, -0.15) is 10.2 Å². The van der Waals surface area contributed by atoms with Gasteiger partial charge in [0.25, 0.3) is 8.53 Å². The maximum Gasteiger partial charge on any atom is 0.259 e. The molecule has 4 saturated heterocycles. The summed E-state index contributed by atoms with van der Waals surface area (Å²) in [7, 11) is -3.57. The Kier molecular flexibility index (Phi) is 11.1. The first-order chi connectivity index (χ1) is 28.4. The van der Waals surface area contributed by atoms with Gasteiger partial charge < -0.3 is 28.0 Å². The van der Waals surface area contributed by atoms with E-state index in [0.29, 0.717) is 29.9 Å². The van der Waals surface area contributed by atoms with Crippen LogP contribution in [0.4, 0.5) is 0 Å². The Balaban J connectivity index is 0.970. The van der Waals surface area contributed by atoms with Gasteiger partial charge in [-0.05, 0) is 37.4 Å². The summed E-state index contributed by atoms with van der Waals surface area (Å²) in [5.41, 5.74) is 0.127. The van der Waals surface area contributed by atoms with Crippen LogP contribution >= 0.6 is 8.53 Å². The molecule has 2 aromatic heterocycles. The summed E-state index contributed by atoms with van der Waals surface area (Å²) in [5.74, 6) is 0.840. The molecule has 4 fully saturated rings. The molecule has 9 rings (SSSR count). The fourth-order valence-electron chi connectivity index (χ4n) is 8.88. The number of ether oxygens (including phenoxy) is 4. The van der Waals surface area contributed by atoms with Crippen molar-refractivity contribution in [2.75, 3.05) is 26.4 Å². The third kappa shape index (κ3) is 7.34. The molecule has 5 aromatic rings. The zero-order chi connectivity index (χ0) is 39.7. The molecule has 0 aliphatic carbocycles. The van der Waals surface area contributed by atoms with E-state index in [4.69, 9.17) is 33.0 Å². The van der Waals surface area contributed by atoms with Gasteiger partial charge in [-0.25, -0.2) is 14.6 Å². The van der Waals surface area contributed by atoms with Gasteiger partial charge in [-0.3, -0.25) is 9.36 Å². The van der Waals surface area contributed by atoms with Gasteiger partial charge in [-0.15, -0.1) is 0 Å². The first-order valence-corrected chi connectivity index (χ1v) is 24.0. The molecule has 0 amide bonds. The molecule has 0 radical (unpaired) electrons. The third-order valence-electron chi connectivity index (χ3n) is 12.0. The Morgan fingerprint density at radius 2 is 1.74 bits per heavy atom. The minimum Gasteiger partial charge on any atom is -0.486 e. The molecule has 300 valence electrons. The number of carbonyl (C=O) groups excluding carboxylic acids is 1. The maximum atomic E-state index is 13.1. The summed E-state index contributed by atoms with van der Waals surface area (Å²) < 4.78 is 43.6. The smallest absolute Gasteiger partial charge is 0.259 e. The van der Waals surface area contributed by atoms with Gasteiger partial charge in [0, 0.05) is 12.6 Å². The fraction of sp³-hybridized carbons (Fsp3) is 0.419. The average molecular weight is 819 g/mol. The molecule has 4 aliphatic heterocycles. The molecule has 0 N–H and O–H groups in total. The van der Waals surface area contributed by atoms with E-state index in [-0.39, 0.29) is 55.7 Å². The van der Waals surface area contributed by atoms with Crippen LogP contribution in [0.2, 0.25) is 12.6 Å². The van der Waals surface area contributed by atoms with Crippen LogP contribution in [0, 0.1) is 11.3 Å². The number of nitriles is 1. The van der Waals surface area contributed by atoms with E-state index >= 15 is 0 Å². The van der Waals surface area contributed by atoms with Crippen molar-refractivity contribution in [2.45, 2.75) is 87.8 Å². The summed E-state index contributed by atoms with van der Waals surface area (Å²) >= 11 is 0. The second-order valence-electron chi connectivity index (χ2n) is 15.6. The number of Topliss-reactive ketones (excluding diaryl/α,β-unsaturated/α-hetero) is 1. The van der Waals surface area contributed by atoms with Gasteiger partial charge in [0.05, 0.1) is 37.9 Å². The molecule has 15 heteroatoms. The predicted molar refractivity (Wildman–Crippen MR) is 220 cm³/mol. The molecule has 4 aliphatic rings. The summed E-state index contributed by atoms with van der Waals surface area (Å²) in [6.45, 7) is 5.86. The summed E-state index contributed by atoms with van der Waals surface area (Å²) in [5, 5.41) is 12.0. The molecule has 1 unspecified atom stereocenters. The number of carbonyl (C=O) groups is 1. The topological polar surface area (TPSA) is 143 Å². The SMILES string of the molecule is CC[C@]12CO[C@@H](C1O[P@@]1O[C@H](C[Si](C)(c3ccccc3)c3ccccc3)[C@@H]3CCCN31)[C@H](n1cnc3c(OCCC#N)nc(CC(=O)COc4ccccc4)nc31)O2. The molecule has 2 bridgehead atoms. The number of rotatable bonds is 16. The van der Waals surface area contributed by atoms with Gasteiger partial charge >= 0.3 is 0 Å². The van der Waals surface area contributed by atoms with Crippen molar-refractivity contribution >= 4 is 43.9 Å². The number of benzene rings is 3. The standard InChI is InChI=1S/C43H47N6O7PSi/c1-3-43-28-53-38(39(43)56-57-49-23-13-21-34(49)35(55-57)27-58(2,32-17-9-5-10-18-32)33-19-11-6-12-20-33)42(54-43)48-29-45-37-40(48)46-36(47-41(37)51-24-14-22-44)25-30(50)26-52-31-15-7-4-8-16-31/h4-12,15-20,29,34-35,38-39,42H,3,13-14,21,23-28H2,1-2H3/t34-,35+,38-,39?,42+,43-,57+/m0/s1. The number of aromatic nitrogens is 4. The molecule has 6 heterocycles. The number of ketones is 1. The molecular weight excluding hydrogens is 772 g/mol. The van der Waals surface area contributed by atoms with E-state index in [9.17, 15) is 10.1 Å². The van der Waals surface area contributed by atoms with E-state index in [1.807, 2.05) is 22.8 Å². The number of hydrogen-bond donors (Lipinski definition) is 0. The van der Waals surface area contributed by atoms with Gasteiger partial charge in [0.15, 0.2) is 23.2 Å². The van der Waals surface area contributed by atoms with Crippen LogP contribution in [0.3, 0.4) is 0 Å². The second-order valence-corrected chi connectivity index (χ2v) is 21.2. The zero-order valence-corrected chi connectivity index (χ0v) is 34.6. The van der Waals surface area contributed by atoms with Crippen LogP contribution in [0.5, 0.6) is 11.6 Å².